The predicted octanol–water partition coefficient (Wildman–Crippen LogP) is 5.24. The van der Waals surface area contributed by atoms with Crippen molar-refractivity contribution in [1.29, 1.82) is 0 Å². The maximum absolute atomic E-state index is 13.1. The van der Waals surface area contributed by atoms with Crippen LogP contribution in [0.2, 0.25) is 0 Å². The molecular formula is C25H23Br2F3N8O5. The highest BCUT2D eigenvalue weighted by Gasteiger charge is 2.33. The van der Waals surface area contributed by atoms with Gasteiger partial charge in [0.2, 0.25) is 23.6 Å². The van der Waals surface area contributed by atoms with E-state index < -0.39 is 22.4 Å². The quantitative estimate of drug-likeness (QED) is 0.185. The zero-order valence-corrected chi connectivity index (χ0v) is 25.4. The second-order valence-corrected chi connectivity index (χ2v) is 10.9. The van der Waals surface area contributed by atoms with Gasteiger partial charge in [-0.1, -0.05) is 0 Å². The van der Waals surface area contributed by atoms with Gasteiger partial charge in [-0.2, -0.15) is 33.2 Å². The molecule has 0 atom stereocenters. The normalized spacial score (nSPS) is 16.0. The second kappa shape index (κ2) is 13.4. The van der Waals surface area contributed by atoms with Crippen molar-refractivity contribution in [2.24, 2.45) is 5.10 Å². The number of ether oxygens (including phenoxy) is 3. The van der Waals surface area contributed by atoms with E-state index in [0.717, 1.165) is 6.07 Å². The molecule has 2 aliphatic rings. The van der Waals surface area contributed by atoms with E-state index in [1.807, 2.05) is 9.80 Å². The van der Waals surface area contributed by atoms with E-state index in [1.165, 1.54) is 6.21 Å². The van der Waals surface area contributed by atoms with E-state index in [2.05, 4.69) is 57.3 Å². The first-order chi connectivity index (χ1) is 20.6. The fourth-order valence-electron chi connectivity index (χ4n) is 4.16. The number of hydrazone groups is 1. The van der Waals surface area contributed by atoms with Crippen LogP contribution in [0.1, 0.15) is 11.1 Å². The number of hydrogen-bond donors (Lipinski definition) is 1. The number of aromatic nitrogens is 3. The maximum atomic E-state index is 13.1. The molecule has 0 unspecified atom stereocenters. The number of halogens is 5. The molecule has 0 radical (unpaired) electrons. The van der Waals surface area contributed by atoms with Crippen LogP contribution in [-0.4, -0.2) is 78.7 Å². The monoisotopic (exact) mass is 730 g/mol. The third-order valence-electron chi connectivity index (χ3n) is 6.29. The highest BCUT2D eigenvalue weighted by Crippen LogP contribution is 2.42. The summed E-state index contributed by atoms with van der Waals surface area (Å²) in [6, 6.07) is 5.29. The van der Waals surface area contributed by atoms with Gasteiger partial charge in [-0.25, -0.2) is 5.43 Å². The summed E-state index contributed by atoms with van der Waals surface area (Å²) in [4.78, 5) is 28.2. The Morgan fingerprint density at radius 3 is 2.02 bits per heavy atom. The van der Waals surface area contributed by atoms with Gasteiger partial charge in [-0.05, 0) is 61.7 Å². The van der Waals surface area contributed by atoms with Gasteiger partial charge >= 0.3 is 11.9 Å². The average molecular weight is 732 g/mol. The Kier molecular flexibility index (Phi) is 9.58. The van der Waals surface area contributed by atoms with Crippen LogP contribution in [0.25, 0.3) is 0 Å². The van der Waals surface area contributed by atoms with Crippen LogP contribution >= 0.6 is 31.9 Å². The highest BCUT2D eigenvalue weighted by atomic mass is 79.9. The summed E-state index contributed by atoms with van der Waals surface area (Å²) in [6.45, 7) is 4.82. The Hall–Kier alpha value is -3.61. The fraction of sp³-hybridized carbons (Fsp3) is 0.360. The van der Waals surface area contributed by atoms with Crippen molar-refractivity contribution >= 4 is 61.6 Å². The standard InChI is InChI=1S/C25H23Br2F3N8O5/c26-17-11-15(12-18(27)21(17)43-20-2-1-16(25(28,29)30)13-19(20)38(39)40)14-31-35-22-32-23(36-3-7-41-8-4-36)34-24(33-22)37-5-9-42-10-6-37/h1-2,11-14H,3-10H2,(H,32,33,34,35)/b31-14+. The first-order valence-electron chi connectivity index (χ1n) is 12.8. The van der Waals surface area contributed by atoms with Crippen molar-refractivity contribution in [2.45, 2.75) is 6.18 Å². The van der Waals surface area contributed by atoms with Gasteiger partial charge in [0.05, 0.1) is 52.1 Å². The summed E-state index contributed by atoms with van der Waals surface area (Å²) in [6.07, 6.45) is -3.25. The van der Waals surface area contributed by atoms with Gasteiger partial charge in [0.15, 0.2) is 5.75 Å². The van der Waals surface area contributed by atoms with Crippen LogP contribution in [0.3, 0.4) is 0 Å². The molecule has 0 aliphatic carbocycles. The first-order valence-corrected chi connectivity index (χ1v) is 14.4. The first kappa shape index (κ1) is 30.8. The van der Waals surface area contributed by atoms with Crippen LogP contribution in [0.15, 0.2) is 44.4 Å². The molecule has 3 heterocycles. The minimum Gasteiger partial charge on any atom is -0.448 e. The number of anilines is 3. The smallest absolute Gasteiger partial charge is 0.416 e. The SMILES string of the molecule is O=[N+]([O-])c1cc(C(F)(F)F)ccc1Oc1c(Br)cc(/C=N/Nc2nc(N3CCOCC3)nc(N3CCOCC3)n2)cc1Br. The van der Waals surface area contributed by atoms with Gasteiger partial charge in [-0.3, -0.25) is 10.1 Å². The summed E-state index contributed by atoms with van der Waals surface area (Å²) in [5, 5.41) is 15.7. The molecule has 5 rings (SSSR count). The van der Waals surface area contributed by atoms with Crippen molar-refractivity contribution in [3.05, 3.63) is 60.5 Å². The van der Waals surface area contributed by atoms with E-state index >= 15 is 0 Å². The number of nitro groups is 1. The van der Waals surface area contributed by atoms with Crippen LogP contribution in [0.5, 0.6) is 11.5 Å². The summed E-state index contributed by atoms with van der Waals surface area (Å²) < 4.78 is 56.4. The third kappa shape index (κ3) is 7.67. The topological polar surface area (TPSA) is 140 Å². The zero-order chi connectivity index (χ0) is 30.6. The molecular weight excluding hydrogens is 709 g/mol. The van der Waals surface area contributed by atoms with Crippen molar-refractivity contribution < 1.29 is 32.3 Å². The minimum absolute atomic E-state index is 0.121. The number of nitrogens with one attached hydrogen (secondary N) is 1. The molecule has 0 amide bonds. The highest BCUT2D eigenvalue weighted by molar-refractivity contribution is 9.11. The minimum atomic E-state index is -4.74. The van der Waals surface area contributed by atoms with Gasteiger partial charge < -0.3 is 24.0 Å². The lowest BCUT2D eigenvalue weighted by molar-refractivity contribution is -0.385. The molecule has 13 nitrogen and oxygen atoms in total. The van der Waals surface area contributed by atoms with Gasteiger partial charge in [-0.15, -0.1) is 0 Å². The Balaban J connectivity index is 1.34. The molecule has 2 aromatic carbocycles. The Morgan fingerprint density at radius 1 is 0.953 bits per heavy atom. The number of morpholine rings is 2. The van der Waals surface area contributed by atoms with Crippen molar-refractivity contribution in [3.8, 4) is 11.5 Å². The molecule has 1 aromatic heterocycles. The van der Waals surface area contributed by atoms with Crippen molar-refractivity contribution in [2.75, 3.05) is 67.8 Å². The number of alkyl halides is 3. The van der Waals surface area contributed by atoms with E-state index in [1.54, 1.807) is 12.1 Å². The molecule has 0 bridgehead atoms. The average Bonchev–Trinajstić information content (AvgIpc) is 2.99. The largest absolute Gasteiger partial charge is 0.448 e. The Bertz CT molecular complexity index is 1460. The van der Waals surface area contributed by atoms with Gasteiger partial charge in [0, 0.05) is 32.2 Å². The van der Waals surface area contributed by atoms with Crippen molar-refractivity contribution in [3.63, 3.8) is 0 Å². The molecule has 43 heavy (non-hydrogen) atoms. The number of nitrogens with zero attached hydrogens (tertiary/aromatic N) is 7. The van der Waals surface area contributed by atoms with E-state index in [9.17, 15) is 23.3 Å². The zero-order valence-electron chi connectivity index (χ0n) is 22.2. The molecule has 1 N–H and O–H groups in total. The fourth-order valence-corrected chi connectivity index (χ4v) is 5.55. The van der Waals surface area contributed by atoms with Gasteiger partial charge in [0.25, 0.3) is 0 Å². The molecule has 2 fully saturated rings. The van der Waals surface area contributed by atoms with E-state index in [0.29, 0.717) is 91.1 Å². The molecule has 228 valence electrons. The summed E-state index contributed by atoms with van der Waals surface area (Å²) in [5.74, 6) is 1.01. The molecule has 0 spiro atoms. The molecule has 2 aliphatic heterocycles. The Morgan fingerprint density at radius 2 is 1.51 bits per heavy atom. The number of benzene rings is 2. The lowest BCUT2D eigenvalue weighted by Crippen LogP contribution is -2.40. The summed E-state index contributed by atoms with van der Waals surface area (Å²) in [5.41, 5.74) is 1.44. The van der Waals surface area contributed by atoms with Crippen LogP contribution < -0.4 is 20.0 Å². The number of rotatable bonds is 8. The van der Waals surface area contributed by atoms with E-state index in [-0.39, 0.29) is 17.4 Å². The van der Waals surface area contributed by atoms with E-state index in [4.69, 9.17) is 14.2 Å². The molecule has 3 aromatic rings. The van der Waals surface area contributed by atoms with Gasteiger partial charge in [0.1, 0.15) is 0 Å². The molecule has 0 saturated carbocycles. The number of nitro benzene ring substituents is 1. The third-order valence-corrected chi connectivity index (χ3v) is 7.47. The number of hydrogen-bond acceptors (Lipinski definition) is 12. The lowest BCUT2D eigenvalue weighted by Gasteiger charge is -2.30. The predicted molar refractivity (Wildman–Crippen MR) is 157 cm³/mol. The Labute approximate surface area is 259 Å². The molecule has 2 saturated heterocycles. The summed E-state index contributed by atoms with van der Waals surface area (Å²) >= 11 is 6.71. The maximum Gasteiger partial charge on any atom is 0.416 e. The molecule has 18 heteroatoms. The van der Waals surface area contributed by atoms with Crippen LogP contribution in [0.4, 0.5) is 36.7 Å². The van der Waals surface area contributed by atoms with Crippen LogP contribution in [0, 0.1) is 10.1 Å². The van der Waals surface area contributed by atoms with Crippen LogP contribution in [-0.2, 0) is 15.7 Å². The second-order valence-electron chi connectivity index (χ2n) is 9.18. The van der Waals surface area contributed by atoms with Crippen molar-refractivity contribution in [1.82, 2.24) is 15.0 Å². The lowest BCUT2D eigenvalue weighted by atomic mass is 10.2. The summed E-state index contributed by atoms with van der Waals surface area (Å²) in [7, 11) is 0.